The fraction of sp³-hybridized carbons (Fsp3) is 0.200. The van der Waals surface area contributed by atoms with E-state index in [-0.39, 0.29) is 15.9 Å². The molecule has 9 heteroatoms. The van der Waals surface area contributed by atoms with E-state index >= 15 is 0 Å². The van der Waals surface area contributed by atoms with Crippen LogP contribution in [0.3, 0.4) is 0 Å². The first-order chi connectivity index (χ1) is 16.3. The van der Waals surface area contributed by atoms with Gasteiger partial charge in [0, 0.05) is 28.6 Å². The highest BCUT2D eigenvalue weighted by Gasteiger charge is 2.29. The number of carboxylic acid groups (broad SMARTS) is 1. The smallest absolute Gasteiger partial charge is 0.311 e. The summed E-state index contributed by atoms with van der Waals surface area (Å²) >= 11 is 15.7. The Hall–Kier alpha value is -2.74. The average Bonchev–Trinajstić information content (AvgIpc) is 2.81. The Balaban J connectivity index is 1.40. The molecule has 0 radical (unpaired) electrons. The van der Waals surface area contributed by atoms with Gasteiger partial charge in [0.1, 0.15) is 17.2 Å². The number of amides is 1. The molecule has 34 heavy (non-hydrogen) atoms. The second kappa shape index (κ2) is 10.7. The van der Waals surface area contributed by atoms with Crippen molar-refractivity contribution in [3.05, 3.63) is 87.4 Å². The second-order valence-electron chi connectivity index (χ2n) is 7.75. The first-order valence-corrected chi connectivity index (χ1v) is 12.1. The molecule has 3 aromatic carbocycles. The molecule has 1 heterocycles. The molecule has 1 aliphatic heterocycles. The van der Waals surface area contributed by atoms with Gasteiger partial charge in [0.2, 0.25) is 0 Å². The number of rotatable bonds is 7. The van der Waals surface area contributed by atoms with Gasteiger partial charge in [-0.05, 0) is 54.4 Å². The zero-order chi connectivity index (χ0) is 24.2. The van der Waals surface area contributed by atoms with Gasteiger partial charge in [-0.25, -0.2) is 0 Å². The molecule has 0 saturated heterocycles. The Kier molecular flexibility index (Phi) is 7.66. The van der Waals surface area contributed by atoms with E-state index in [2.05, 4.69) is 21.2 Å². The van der Waals surface area contributed by atoms with Crippen molar-refractivity contribution >= 4 is 51.0 Å². The maximum atomic E-state index is 12.6. The van der Waals surface area contributed by atoms with Crippen LogP contribution in [0, 0.1) is 0 Å². The molecular formula is C25H20BrCl2NO5. The molecule has 2 atom stereocenters. The summed E-state index contributed by atoms with van der Waals surface area (Å²) in [7, 11) is 0. The van der Waals surface area contributed by atoms with Crippen molar-refractivity contribution in [2.24, 2.45) is 0 Å². The van der Waals surface area contributed by atoms with Gasteiger partial charge in [0.25, 0.3) is 5.91 Å². The number of hydrogen-bond donors (Lipinski definition) is 2. The molecule has 4 rings (SSSR count). The van der Waals surface area contributed by atoms with E-state index in [0.29, 0.717) is 52.8 Å². The number of nitrogens with one attached hydrogen (secondary N) is 1. The lowest BCUT2D eigenvalue weighted by Crippen LogP contribution is -2.31. The number of carbonyl (C=O) groups is 2. The first kappa shape index (κ1) is 24.4. The molecule has 1 amide bonds. The molecule has 3 aromatic rings. The number of hydrogen-bond acceptors (Lipinski definition) is 4. The third-order valence-corrected chi connectivity index (χ3v) is 6.46. The monoisotopic (exact) mass is 563 g/mol. The van der Waals surface area contributed by atoms with Crippen molar-refractivity contribution in [3.8, 4) is 17.2 Å². The Bertz CT molecular complexity index is 1200. The fourth-order valence-corrected chi connectivity index (χ4v) is 4.55. The summed E-state index contributed by atoms with van der Waals surface area (Å²) in [4.78, 5) is 23.8. The average molecular weight is 565 g/mol. The topological polar surface area (TPSA) is 84.9 Å². The van der Waals surface area contributed by atoms with Crippen molar-refractivity contribution in [3.63, 3.8) is 0 Å². The minimum atomic E-state index is -0.915. The molecule has 0 spiro atoms. The minimum absolute atomic E-state index is 0.234. The molecule has 0 saturated carbocycles. The summed E-state index contributed by atoms with van der Waals surface area (Å²) in [6.45, 7) is 0.307. The van der Waals surface area contributed by atoms with E-state index in [1.54, 1.807) is 36.4 Å². The Morgan fingerprint density at radius 1 is 1.12 bits per heavy atom. The van der Waals surface area contributed by atoms with Crippen molar-refractivity contribution in [1.29, 1.82) is 0 Å². The molecule has 2 unspecified atom stereocenters. The molecule has 2 N–H and O–H groups in total. The minimum Gasteiger partial charge on any atom is -0.493 e. The van der Waals surface area contributed by atoms with Crippen LogP contribution in [0.1, 0.15) is 33.8 Å². The van der Waals surface area contributed by atoms with Crippen LogP contribution in [0.25, 0.3) is 0 Å². The number of ether oxygens (including phenoxy) is 2. The fourth-order valence-electron chi connectivity index (χ4n) is 3.63. The van der Waals surface area contributed by atoms with Crippen molar-refractivity contribution in [1.82, 2.24) is 5.32 Å². The molecule has 0 fully saturated rings. The lowest BCUT2D eigenvalue weighted by Gasteiger charge is -2.24. The van der Waals surface area contributed by atoms with Crippen LogP contribution in [0.2, 0.25) is 10.0 Å². The van der Waals surface area contributed by atoms with E-state index < -0.39 is 11.9 Å². The largest absolute Gasteiger partial charge is 0.493 e. The first-order valence-electron chi connectivity index (χ1n) is 10.5. The molecule has 0 bridgehead atoms. The summed E-state index contributed by atoms with van der Waals surface area (Å²) < 4.78 is 11.5. The van der Waals surface area contributed by atoms with Crippen molar-refractivity contribution < 1.29 is 24.2 Å². The summed E-state index contributed by atoms with van der Waals surface area (Å²) in [6, 6.07) is 17.2. The van der Waals surface area contributed by atoms with Gasteiger partial charge in [-0.2, -0.15) is 0 Å². The zero-order valence-corrected chi connectivity index (χ0v) is 20.9. The number of halogens is 3. The maximum absolute atomic E-state index is 12.6. The molecule has 0 aromatic heterocycles. The third-order valence-electron chi connectivity index (χ3n) is 5.36. The molecular weight excluding hydrogens is 545 g/mol. The summed E-state index contributed by atoms with van der Waals surface area (Å²) in [6.07, 6.45) is 0.989. The van der Waals surface area contributed by atoms with Crippen molar-refractivity contribution in [2.45, 2.75) is 23.7 Å². The number of carboxylic acids is 1. The van der Waals surface area contributed by atoms with Gasteiger partial charge in [0.05, 0.1) is 22.5 Å². The Labute approximate surface area is 214 Å². The van der Waals surface area contributed by atoms with Crippen molar-refractivity contribution in [2.75, 3.05) is 6.61 Å². The van der Waals surface area contributed by atoms with Gasteiger partial charge in [-0.3, -0.25) is 9.59 Å². The van der Waals surface area contributed by atoms with Crippen LogP contribution in [0.15, 0.2) is 60.7 Å². The Morgan fingerprint density at radius 3 is 2.50 bits per heavy atom. The summed E-state index contributed by atoms with van der Waals surface area (Å²) in [5.74, 6) is -0.554. The van der Waals surface area contributed by atoms with Gasteiger partial charge >= 0.3 is 5.97 Å². The third kappa shape index (κ3) is 5.84. The summed E-state index contributed by atoms with van der Waals surface area (Å²) in [5, 5.41) is 13.3. The van der Waals surface area contributed by atoms with Gasteiger partial charge in [-0.15, -0.1) is 0 Å². The quantitative estimate of drug-likeness (QED) is 0.255. The molecule has 1 aliphatic rings. The second-order valence-corrected chi connectivity index (χ2v) is 9.70. The van der Waals surface area contributed by atoms with Gasteiger partial charge in [0.15, 0.2) is 0 Å². The van der Waals surface area contributed by atoms with E-state index in [9.17, 15) is 14.7 Å². The number of carbonyl (C=O) groups excluding carboxylic acids is 1. The predicted molar refractivity (Wildman–Crippen MR) is 134 cm³/mol. The number of fused-ring (bicyclic) bond motifs is 1. The van der Waals surface area contributed by atoms with E-state index in [1.807, 2.05) is 24.3 Å². The highest BCUT2D eigenvalue weighted by molar-refractivity contribution is 9.09. The van der Waals surface area contributed by atoms with Crippen LogP contribution in [-0.4, -0.2) is 28.5 Å². The van der Waals surface area contributed by atoms with E-state index in [1.165, 1.54) is 0 Å². The van der Waals surface area contributed by atoms with Crippen LogP contribution in [0.4, 0.5) is 0 Å². The number of aliphatic carboxylic acids is 1. The standard InChI is InChI=1S/C25H20BrCl2NO5/c26-23(11-14-1-5-16(27)6-2-14)29-24(30)15-3-7-17(8-4-15)34-22-13-21-19(12-20(22)28)18(25(31)32)9-10-33-21/h1-8,12-13,18,23H,9-11H2,(H,29,30)(H,31,32). The van der Waals surface area contributed by atoms with E-state index in [0.717, 1.165) is 5.56 Å². The molecule has 0 aliphatic carbocycles. The van der Waals surface area contributed by atoms with Gasteiger partial charge in [-0.1, -0.05) is 51.3 Å². The maximum Gasteiger partial charge on any atom is 0.311 e. The number of alkyl halides is 1. The summed E-state index contributed by atoms with van der Waals surface area (Å²) in [5.41, 5.74) is 2.04. The van der Waals surface area contributed by atoms with E-state index in [4.69, 9.17) is 32.7 Å². The van der Waals surface area contributed by atoms with Crippen LogP contribution >= 0.6 is 39.1 Å². The SMILES string of the molecule is O=C(NC(Br)Cc1ccc(Cl)cc1)c1ccc(Oc2cc3c(cc2Cl)C(C(=O)O)CCO3)cc1. The van der Waals surface area contributed by atoms with Crippen LogP contribution < -0.4 is 14.8 Å². The Morgan fingerprint density at radius 2 is 1.82 bits per heavy atom. The zero-order valence-electron chi connectivity index (χ0n) is 17.8. The lowest BCUT2D eigenvalue weighted by atomic mass is 9.93. The van der Waals surface area contributed by atoms with Crippen LogP contribution in [-0.2, 0) is 11.2 Å². The molecule has 176 valence electrons. The normalized spacial score (nSPS) is 15.6. The lowest BCUT2D eigenvalue weighted by molar-refractivity contribution is -0.139. The number of benzene rings is 3. The van der Waals surface area contributed by atoms with Crippen LogP contribution in [0.5, 0.6) is 17.2 Å². The predicted octanol–water partition coefficient (Wildman–Crippen LogP) is 6.43. The highest BCUT2D eigenvalue weighted by atomic mass is 79.9. The van der Waals surface area contributed by atoms with Gasteiger partial charge < -0.3 is 19.9 Å². The highest BCUT2D eigenvalue weighted by Crippen LogP contribution is 2.41. The molecule has 6 nitrogen and oxygen atoms in total.